The molecule has 0 bridgehead atoms. The molecule has 2 rings (SSSR count). The Hall–Kier alpha value is -1.85. The van der Waals surface area contributed by atoms with E-state index in [1.165, 1.54) is 13.3 Å². The number of aryl methyl sites for hydroxylation is 1. The normalized spacial score (nSPS) is 22.4. The van der Waals surface area contributed by atoms with Crippen molar-refractivity contribution in [3.8, 4) is 0 Å². The molecule has 2 N–H and O–H groups in total. The second-order valence-electron chi connectivity index (χ2n) is 5.44. The first kappa shape index (κ1) is 15.5. The summed E-state index contributed by atoms with van der Waals surface area (Å²) in [6, 6.07) is -0.166. The predicted octanol–water partition coefficient (Wildman–Crippen LogP) is 1.82. The van der Waals surface area contributed by atoms with Gasteiger partial charge in [-0.05, 0) is 12.8 Å². The van der Waals surface area contributed by atoms with E-state index in [-0.39, 0.29) is 23.8 Å². The number of ether oxygens (including phenoxy) is 1. The summed E-state index contributed by atoms with van der Waals surface area (Å²) in [6.07, 6.45) is 6.96. The molecule has 0 saturated heterocycles. The summed E-state index contributed by atoms with van der Waals surface area (Å²) in [5.41, 5.74) is 0.444. The van der Waals surface area contributed by atoms with Crippen molar-refractivity contribution in [1.82, 2.24) is 15.3 Å². The van der Waals surface area contributed by atoms with Gasteiger partial charge in [0.25, 0.3) is 5.91 Å². The summed E-state index contributed by atoms with van der Waals surface area (Å²) in [6.45, 7) is 1.97. The smallest absolute Gasteiger partial charge is 0.310 e. The molecule has 0 aliphatic heterocycles. The number of imidazole rings is 1. The zero-order valence-electron chi connectivity index (χ0n) is 12.6. The molecule has 1 aromatic heterocycles. The number of rotatable bonds is 4. The van der Waals surface area contributed by atoms with Crippen molar-refractivity contribution in [2.75, 3.05) is 7.11 Å². The SMILES string of the molecule is CCc1ncc(C(=O)N[C@H]2CCCCC[C@H]2C(=O)OC)[nH]1. The number of aromatic nitrogens is 2. The largest absolute Gasteiger partial charge is 0.469 e. The van der Waals surface area contributed by atoms with E-state index in [4.69, 9.17) is 4.74 Å². The highest BCUT2D eigenvalue weighted by atomic mass is 16.5. The molecule has 1 fully saturated rings. The summed E-state index contributed by atoms with van der Waals surface area (Å²) >= 11 is 0. The van der Waals surface area contributed by atoms with E-state index in [2.05, 4.69) is 15.3 Å². The molecule has 2 atom stereocenters. The maximum Gasteiger partial charge on any atom is 0.310 e. The van der Waals surface area contributed by atoms with Crippen LogP contribution in [-0.2, 0) is 16.0 Å². The third-order valence-corrected chi connectivity index (χ3v) is 4.04. The Bertz CT molecular complexity index is 498. The molecule has 0 radical (unpaired) electrons. The van der Waals surface area contributed by atoms with Crippen LogP contribution in [0.5, 0.6) is 0 Å². The van der Waals surface area contributed by atoms with Crippen LogP contribution >= 0.6 is 0 Å². The van der Waals surface area contributed by atoms with Crippen molar-refractivity contribution in [1.29, 1.82) is 0 Å². The van der Waals surface area contributed by atoms with E-state index in [1.807, 2.05) is 6.92 Å². The number of nitrogens with zero attached hydrogens (tertiary/aromatic N) is 1. The molecule has 0 unspecified atom stereocenters. The lowest BCUT2D eigenvalue weighted by Crippen LogP contribution is -2.43. The van der Waals surface area contributed by atoms with Crippen LogP contribution in [0.15, 0.2) is 6.20 Å². The first-order valence-electron chi connectivity index (χ1n) is 7.58. The first-order valence-corrected chi connectivity index (χ1v) is 7.58. The highest BCUT2D eigenvalue weighted by Crippen LogP contribution is 2.24. The van der Waals surface area contributed by atoms with E-state index in [0.29, 0.717) is 5.69 Å². The number of hydrogen-bond acceptors (Lipinski definition) is 4. The standard InChI is InChI=1S/C15H23N3O3/c1-3-13-16-9-12(17-13)14(19)18-11-8-6-4-5-7-10(11)15(20)21-2/h9-11H,3-8H2,1-2H3,(H,16,17)(H,18,19)/t10-,11+/m1/s1. The van der Waals surface area contributed by atoms with Gasteiger partial charge in [0.15, 0.2) is 0 Å². The topological polar surface area (TPSA) is 84.1 Å². The van der Waals surface area contributed by atoms with Gasteiger partial charge in [0.2, 0.25) is 0 Å². The Labute approximate surface area is 124 Å². The molecule has 0 spiro atoms. The molecule has 1 saturated carbocycles. The molecular formula is C15H23N3O3. The van der Waals surface area contributed by atoms with E-state index in [9.17, 15) is 9.59 Å². The van der Waals surface area contributed by atoms with Gasteiger partial charge in [-0.3, -0.25) is 9.59 Å². The lowest BCUT2D eigenvalue weighted by atomic mass is 9.94. The molecule has 116 valence electrons. The van der Waals surface area contributed by atoms with Gasteiger partial charge < -0.3 is 15.0 Å². The van der Waals surface area contributed by atoms with Crippen molar-refractivity contribution >= 4 is 11.9 Å². The fraction of sp³-hybridized carbons (Fsp3) is 0.667. The number of methoxy groups -OCH3 is 1. The van der Waals surface area contributed by atoms with Crippen molar-refractivity contribution in [2.45, 2.75) is 51.5 Å². The third-order valence-electron chi connectivity index (χ3n) is 4.04. The minimum atomic E-state index is -0.255. The molecule has 1 aromatic rings. The van der Waals surface area contributed by atoms with Gasteiger partial charge in [0.05, 0.1) is 19.2 Å². The zero-order chi connectivity index (χ0) is 15.2. The summed E-state index contributed by atoms with van der Waals surface area (Å²) in [5.74, 6) is 0.0876. The minimum Gasteiger partial charge on any atom is -0.469 e. The van der Waals surface area contributed by atoms with Crippen molar-refractivity contribution in [2.24, 2.45) is 5.92 Å². The van der Waals surface area contributed by atoms with Crippen LogP contribution in [0.1, 0.15) is 55.3 Å². The molecule has 1 amide bonds. The molecule has 21 heavy (non-hydrogen) atoms. The average Bonchev–Trinajstić information content (AvgIpc) is 2.87. The summed E-state index contributed by atoms with van der Waals surface area (Å²) in [5, 5.41) is 2.97. The highest BCUT2D eigenvalue weighted by Gasteiger charge is 2.31. The van der Waals surface area contributed by atoms with Gasteiger partial charge in [-0.25, -0.2) is 4.98 Å². The Balaban J connectivity index is 2.06. The minimum absolute atomic E-state index is 0.166. The molecule has 1 aliphatic carbocycles. The fourth-order valence-electron chi connectivity index (χ4n) is 2.82. The Kier molecular flexibility index (Phi) is 5.36. The summed E-state index contributed by atoms with van der Waals surface area (Å²) in [7, 11) is 1.40. The number of amides is 1. The van der Waals surface area contributed by atoms with Gasteiger partial charge in [-0.1, -0.05) is 26.2 Å². The van der Waals surface area contributed by atoms with Crippen LogP contribution in [0.2, 0.25) is 0 Å². The van der Waals surface area contributed by atoms with Gasteiger partial charge in [0, 0.05) is 12.5 Å². The van der Waals surface area contributed by atoms with Crippen LogP contribution in [0.25, 0.3) is 0 Å². The number of nitrogens with one attached hydrogen (secondary N) is 2. The van der Waals surface area contributed by atoms with E-state index in [1.54, 1.807) is 0 Å². The predicted molar refractivity (Wildman–Crippen MR) is 77.8 cm³/mol. The number of H-pyrrole nitrogens is 1. The van der Waals surface area contributed by atoms with Crippen LogP contribution in [-0.4, -0.2) is 35.0 Å². The van der Waals surface area contributed by atoms with Gasteiger partial charge in [-0.2, -0.15) is 0 Å². The second-order valence-corrected chi connectivity index (χ2v) is 5.44. The van der Waals surface area contributed by atoms with E-state index < -0.39 is 0 Å². The van der Waals surface area contributed by atoms with Crippen molar-refractivity contribution in [3.05, 3.63) is 17.7 Å². The Morgan fingerprint density at radius 2 is 2.14 bits per heavy atom. The van der Waals surface area contributed by atoms with Crippen LogP contribution < -0.4 is 5.32 Å². The number of carbonyl (C=O) groups excluding carboxylic acids is 2. The van der Waals surface area contributed by atoms with Gasteiger partial charge in [0.1, 0.15) is 11.5 Å². The summed E-state index contributed by atoms with van der Waals surface area (Å²) < 4.78 is 4.87. The fourth-order valence-corrected chi connectivity index (χ4v) is 2.82. The van der Waals surface area contributed by atoms with E-state index >= 15 is 0 Å². The molecule has 6 nitrogen and oxygen atoms in total. The van der Waals surface area contributed by atoms with Crippen molar-refractivity contribution in [3.63, 3.8) is 0 Å². The maximum absolute atomic E-state index is 12.3. The molecule has 0 aromatic carbocycles. The number of carbonyl (C=O) groups is 2. The highest BCUT2D eigenvalue weighted by molar-refractivity contribution is 5.92. The Morgan fingerprint density at radius 1 is 1.38 bits per heavy atom. The quantitative estimate of drug-likeness (QED) is 0.655. The monoisotopic (exact) mass is 293 g/mol. The molecular weight excluding hydrogens is 270 g/mol. The number of hydrogen-bond donors (Lipinski definition) is 2. The molecule has 1 heterocycles. The first-order chi connectivity index (χ1) is 10.2. The molecule has 1 aliphatic rings. The van der Waals surface area contributed by atoms with Crippen molar-refractivity contribution < 1.29 is 14.3 Å². The summed E-state index contributed by atoms with van der Waals surface area (Å²) in [4.78, 5) is 31.3. The van der Waals surface area contributed by atoms with Crippen LogP contribution in [0, 0.1) is 5.92 Å². The zero-order valence-corrected chi connectivity index (χ0v) is 12.6. The second kappa shape index (κ2) is 7.24. The number of esters is 1. The van der Waals surface area contributed by atoms with E-state index in [0.717, 1.165) is 44.3 Å². The Morgan fingerprint density at radius 3 is 2.81 bits per heavy atom. The lowest BCUT2D eigenvalue weighted by molar-refractivity contribution is -0.146. The van der Waals surface area contributed by atoms with Gasteiger partial charge in [-0.15, -0.1) is 0 Å². The molecule has 6 heteroatoms. The lowest BCUT2D eigenvalue weighted by Gasteiger charge is -2.23. The number of aromatic amines is 1. The van der Waals surface area contributed by atoms with Gasteiger partial charge >= 0.3 is 5.97 Å². The maximum atomic E-state index is 12.3. The van der Waals surface area contributed by atoms with Crippen LogP contribution in [0.4, 0.5) is 0 Å². The average molecular weight is 293 g/mol. The third kappa shape index (κ3) is 3.83. The van der Waals surface area contributed by atoms with Crippen LogP contribution in [0.3, 0.4) is 0 Å².